The maximum absolute atomic E-state index is 6.25. The van der Waals surface area contributed by atoms with Gasteiger partial charge in [-0.05, 0) is 17.7 Å². The molecule has 0 bridgehead atoms. The number of hydrogen-bond acceptors (Lipinski definition) is 4. The van der Waals surface area contributed by atoms with Crippen LogP contribution in [0, 0.1) is 0 Å². The van der Waals surface area contributed by atoms with Gasteiger partial charge in [0.25, 0.3) is 0 Å². The topological polar surface area (TPSA) is 69.1 Å². The molecule has 23 heavy (non-hydrogen) atoms. The predicted octanol–water partition coefficient (Wildman–Crippen LogP) is 3.69. The Morgan fingerprint density at radius 1 is 0.913 bits per heavy atom. The van der Waals surface area contributed by atoms with Crippen LogP contribution < -0.4 is 5.73 Å². The molecule has 4 aromatic rings. The van der Waals surface area contributed by atoms with Crippen molar-refractivity contribution >= 4 is 23.1 Å². The molecule has 6 heteroatoms. The van der Waals surface area contributed by atoms with Crippen molar-refractivity contribution in [1.82, 2.24) is 19.8 Å². The summed E-state index contributed by atoms with van der Waals surface area (Å²) in [5.74, 6) is 0.430. The van der Waals surface area contributed by atoms with Gasteiger partial charge in [-0.2, -0.15) is 9.61 Å². The minimum atomic E-state index is 0.430. The van der Waals surface area contributed by atoms with Gasteiger partial charge in [0.2, 0.25) is 0 Å². The number of rotatable bonds is 2. The summed E-state index contributed by atoms with van der Waals surface area (Å²) in [5.41, 5.74) is 10.1. The molecule has 2 aromatic heterocycles. The first kappa shape index (κ1) is 13.7. The Hall–Kier alpha value is -2.92. The van der Waals surface area contributed by atoms with Crippen LogP contribution in [0.5, 0.6) is 0 Å². The molecule has 0 aliphatic rings. The number of fused-ring (bicyclic) bond motifs is 1. The third kappa shape index (κ3) is 2.31. The maximum atomic E-state index is 6.25. The highest BCUT2D eigenvalue weighted by molar-refractivity contribution is 6.30. The molecule has 0 fully saturated rings. The molecular formula is C17H12ClN5. The summed E-state index contributed by atoms with van der Waals surface area (Å²) < 4.78 is 1.60. The Morgan fingerprint density at radius 3 is 2.48 bits per heavy atom. The van der Waals surface area contributed by atoms with Crippen LogP contribution in [0.15, 0.2) is 60.8 Å². The van der Waals surface area contributed by atoms with Crippen LogP contribution in [0.4, 0.5) is 5.82 Å². The lowest BCUT2D eigenvalue weighted by atomic mass is 10.1. The van der Waals surface area contributed by atoms with Gasteiger partial charge in [-0.3, -0.25) is 0 Å². The molecule has 0 amide bonds. The fourth-order valence-corrected chi connectivity index (χ4v) is 2.72. The summed E-state index contributed by atoms with van der Waals surface area (Å²) in [6.45, 7) is 0. The third-order valence-corrected chi connectivity index (χ3v) is 3.88. The van der Waals surface area contributed by atoms with E-state index in [4.69, 9.17) is 17.3 Å². The van der Waals surface area contributed by atoms with Crippen LogP contribution in [-0.4, -0.2) is 19.8 Å². The van der Waals surface area contributed by atoms with Crippen LogP contribution in [-0.2, 0) is 0 Å². The molecule has 0 aliphatic heterocycles. The number of anilines is 1. The molecular weight excluding hydrogens is 310 g/mol. The molecule has 0 saturated heterocycles. The first-order chi connectivity index (χ1) is 11.2. The zero-order valence-electron chi connectivity index (χ0n) is 12.0. The van der Waals surface area contributed by atoms with Crippen molar-refractivity contribution in [2.45, 2.75) is 0 Å². The van der Waals surface area contributed by atoms with Crippen LogP contribution in [0.1, 0.15) is 0 Å². The first-order valence-corrected chi connectivity index (χ1v) is 7.43. The SMILES string of the molecule is Nc1c(-c2cccc(Cl)c2)nnc2c(-c3ccccc3)cnn12. The summed E-state index contributed by atoms with van der Waals surface area (Å²) in [7, 11) is 0. The van der Waals surface area contributed by atoms with E-state index in [-0.39, 0.29) is 0 Å². The molecule has 2 N–H and O–H groups in total. The van der Waals surface area contributed by atoms with Gasteiger partial charge < -0.3 is 5.73 Å². The van der Waals surface area contributed by atoms with E-state index in [0.717, 1.165) is 16.7 Å². The van der Waals surface area contributed by atoms with Gasteiger partial charge in [0, 0.05) is 16.1 Å². The fraction of sp³-hybridized carbons (Fsp3) is 0. The van der Waals surface area contributed by atoms with Crippen molar-refractivity contribution in [2.24, 2.45) is 0 Å². The Kier molecular flexibility index (Phi) is 3.20. The second kappa shape index (κ2) is 5.37. The molecule has 0 radical (unpaired) electrons. The summed E-state index contributed by atoms with van der Waals surface area (Å²) in [6, 6.07) is 17.2. The minimum absolute atomic E-state index is 0.430. The van der Waals surface area contributed by atoms with Crippen LogP contribution >= 0.6 is 11.6 Å². The van der Waals surface area contributed by atoms with Crippen molar-refractivity contribution in [2.75, 3.05) is 5.73 Å². The van der Waals surface area contributed by atoms with E-state index in [9.17, 15) is 0 Å². The molecule has 0 saturated carbocycles. The number of nitrogens with zero attached hydrogens (tertiary/aromatic N) is 4. The molecule has 112 valence electrons. The second-order valence-corrected chi connectivity index (χ2v) is 5.54. The van der Waals surface area contributed by atoms with Crippen molar-refractivity contribution in [3.8, 4) is 22.4 Å². The van der Waals surface area contributed by atoms with E-state index in [0.29, 0.717) is 22.2 Å². The largest absolute Gasteiger partial charge is 0.382 e. The van der Waals surface area contributed by atoms with Crippen LogP contribution in [0.3, 0.4) is 0 Å². The molecule has 0 spiro atoms. The highest BCUT2D eigenvalue weighted by atomic mass is 35.5. The van der Waals surface area contributed by atoms with E-state index >= 15 is 0 Å². The van der Waals surface area contributed by atoms with Gasteiger partial charge in [0.1, 0.15) is 5.69 Å². The van der Waals surface area contributed by atoms with E-state index < -0.39 is 0 Å². The highest BCUT2D eigenvalue weighted by Crippen LogP contribution is 2.29. The third-order valence-electron chi connectivity index (χ3n) is 3.64. The summed E-state index contributed by atoms with van der Waals surface area (Å²) in [4.78, 5) is 0. The minimum Gasteiger partial charge on any atom is -0.382 e. The maximum Gasteiger partial charge on any atom is 0.187 e. The lowest BCUT2D eigenvalue weighted by Crippen LogP contribution is -2.05. The number of halogens is 1. The summed E-state index contributed by atoms with van der Waals surface area (Å²) in [6.07, 6.45) is 1.75. The van der Waals surface area contributed by atoms with Gasteiger partial charge in [0.05, 0.1) is 6.20 Å². The molecule has 0 atom stereocenters. The lowest BCUT2D eigenvalue weighted by Gasteiger charge is -2.06. The zero-order chi connectivity index (χ0) is 15.8. The van der Waals surface area contributed by atoms with Crippen LogP contribution in [0.2, 0.25) is 5.02 Å². The Labute approximate surface area is 137 Å². The lowest BCUT2D eigenvalue weighted by molar-refractivity contribution is 0.907. The number of hydrogen-bond donors (Lipinski definition) is 1. The molecule has 2 heterocycles. The normalized spacial score (nSPS) is 11.0. The Morgan fingerprint density at radius 2 is 1.70 bits per heavy atom. The van der Waals surface area contributed by atoms with Crippen molar-refractivity contribution in [3.63, 3.8) is 0 Å². The average molecular weight is 322 g/mol. The summed E-state index contributed by atoms with van der Waals surface area (Å²) >= 11 is 6.04. The van der Waals surface area contributed by atoms with Crippen molar-refractivity contribution in [1.29, 1.82) is 0 Å². The average Bonchev–Trinajstić information content (AvgIpc) is 3.01. The molecule has 2 aromatic carbocycles. The van der Waals surface area contributed by atoms with E-state index in [1.54, 1.807) is 22.8 Å². The number of nitrogens with two attached hydrogens (primary N) is 1. The molecule has 0 aliphatic carbocycles. The van der Waals surface area contributed by atoms with Crippen molar-refractivity contribution < 1.29 is 0 Å². The molecule has 5 nitrogen and oxygen atoms in total. The standard InChI is InChI=1S/C17H12ClN5/c18-13-8-4-7-12(9-13)15-16(19)23-17(22-21-15)14(10-20-23)11-5-2-1-3-6-11/h1-10H,19H2. The quantitative estimate of drug-likeness (QED) is 0.611. The van der Waals surface area contributed by atoms with Crippen LogP contribution in [0.25, 0.3) is 28.0 Å². The van der Waals surface area contributed by atoms with E-state index in [1.807, 2.05) is 42.5 Å². The van der Waals surface area contributed by atoms with Gasteiger partial charge in [-0.1, -0.05) is 54.1 Å². The van der Waals surface area contributed by atoms with Gasteiger partial charge >= 0.3 is 0 Å². The number of aromatic nitrogens is 4. The van der Waals surface area contributed by atoms with E-state index in [2.05, 4.69) is 15.3 Å². The van der Waals surface area contributed by atoms with Gasteiger partial charge in [-0.15, -0.1) is 10.2 Å². The van der Waals surface area contributed by atoms with E-state index in [1.165, 1.54) is 0 Å². The number of benzene rings is 2. The molecule has 0 unspecified atom stereocenters. The molecule has 4 rings (SSSR count). The van der Waals surface area contributed by atoms with Crippen molar-refractivity contribution in [3.05, 3.63) is 65.8 Å². The highest BCUT2D eigenvalue weighted by Gasteiger charge is 2.15. The fourth-order valence-electron chi connectivity index (χ4n) is 2.53. The zero-order valence-corrected chi connectivity index (χ0v) is 12.8. The Bertz CT molecular complexity index is 994. The van der Waals surface area contributed by atoms with Gasteiger partial charge in [-0.25, -0.2) is 0 Å². The smallest absolute Gasteiger partial charge is 0.187 e. The monoisotopic (exact) mass is 321 g/mol. The second-order valence-electron chi connectivity index (χ2n) is 5.10. The first-order valence-electron chi connectivity index (χ1n) is 7.05. The number of nitrogen functional groups attached to an aromatic ring is 1. The van der Waals surface area contributed by atoms with Gasteiger partial charge in [0.15, 0.2) is 11.5 Å². The summed E-state index contributed by atoms with van der Waals surface area (Å²) in [5, 5.41) is 13.6. The predicted molar refractivity (Wildman–Crippen MR) is 91.1 cm³/mol. The Balaban J connectivity index is 1.91.